The van der Waals surface area contributed by atoms with Crippen LogP contribution >= 0.6 is 15.9 Å². The third-order valence-corrected chi connectivity index (χ3v) is 2.92. The van der Waals surface area contributed by atoms with E-state index in [9.17, 15) is 4.79 Å². The highest BCUT2D eigenvalue weighted by molar-refractivity contribution is 9.10. The van der Waals surface area contributed by atoms with E-state index >= 15 is 0 Å². The van der Waals surface area contributed by atoms with Crippen molar-refractivity contribution < 1.29 is 4.79 Å². The number of nitrogens with two attached hydrogens (primary N) is 1. The summed E-state index contributed by atoms with van der Waals surface area (Å²) in [7, 11) is 0. The fraction of sp³-hybridized carbons (Fsp3) is 0.0769. The van der Waals surface area contributed by atoms with Crippen LogP contribution in [-0.2, 0) is 6.54 Å². The summed E-state index contributed by atoms with van der Waals surface area (Å²) in [6, 6.07) is 10.7. The summed E-state index contributed by atoms with van der Waals surface area (Å²) in [5.74, 6) is -0.172. The highest BCUT2D eigenvalue weighted by atomic mass is 79.9. The molecule has 0 saturated heterocycles. The Morgan fingerprint density at radius 1 is 1.28 bits per heavy atom. The lowest BCUT2D eigenvalue weighted by molar-refractivity contribution is 0.102. The summed E-state index contributed by atoms with van der Waals surface area (Å²) >= 11 is 3.34. The predicted octanol–water partition coefficient (Wildman–Crippen LogP) is 2.56. The average molecular weight is 306 g/mol. The first-order chi connectivity index (χ1) is 8.69. The van der Waals surface area contributed by atoms with Gasteiger partial charge in [-0.3, -0.25) is 9.78 Å². The molecular formula is C13H12BrN3O. The molecule has 92 valence electrons. The first-order valence-corrected chi connectivity index (χ1v) is 6.20. The zero-order valence-corrected chi connectivity index (χ0v) is 11.1. The zero-order valence-electron chi connectivity index (χ0n) is 9.56. The van der Waals surface area contributed by atoms with E-state index in [1.165, 1.54) is 0 Å². The number of pyridine rings is 1. The standard InChI is InChI=1S/C13H12BrN3O/c14-10-1-3-11(4-2-10)17-13(18)9-5-6-16-12(7-9)8-15/h1-7H,8,15H2,(H,17,18). The van der Waals surface area contributed by atoms with Crippen LogP contribution in [0.2, 0.25) is 0 Å². The molecule has 0 unspecified atom stereocenters. The lowest BCUT2D eigenvalue weighted by Gasteiger charge is -2.06. The van der Waals surface area contributed by atoms with Crippen molar-refractivity contribution in [3.8, 4) is 0 Å². The van der Waals surface area contributed by atoms with Gasteiger partial charge in [0.2, 0.25) is 0 Å². The Kier molecular flexibility index (Phi) is 4.07. The van der Waals surface area contributed by atoms with Crippen LogP contribution in [-0.4, -0.2) is 10.9 Å². The summed E-state index contributed by atoms with van der Waals surface area (Å²) < 4.78 is 0.967. The minimum absolute atomic E-state index is 0.172. The molecule has 1 aromatic carbocycles. The number of benzene rings is 1. The van der Waals surface area contributed by atoms with Gasteiger partial charge in [-0.05, 0) is 36.4 Å². The van der Waals surface area contributed by atoms with E-state index in [2.05, 4.69) is 26.2 Å². The third kappa shape index (κ3) is 3.15. The zero-order chi connectivity index (χ0) is 13.0. The van der Waals surface area contributed by atoms with Crippen LogP contribution in [0.15, 0.2) is 47.1 Å². The molecule has 0 bridgehead atoms. The Morgan fingerprint density at radius 3 is 2.67 bits per heavy atom. The van der Waals surface area contributed by atoms with Crippen LogP contribution < -0.4 is 11.1 Å². The summed E-state index contributed by atoms with van der Waals surface area (Å²) in [5.41, 5.74) is 7.48. The molecule has 0 saturated carbocycles. The number of carbonyl (C=O) groups is 1. The van der Waals surface area contributed by atoms with Crippen LogP contribution in [0, 0.1) is 0 Å². The average Bonchev–Trinajstić information content (AvgIpc) is 2.41. The topological polar surface area (TPSA) is 68.0 Å². The molecule has 2 rings (SSSR count). The van der Waals surface area contributed by atoms with Crippen molar-refractivity contribution in [3.05, 3.63) is 58.3 Å². The van der Waals surface area contributed by atoms with E-state index in [-0.39, 0.29) is 5.91 Å². The Labute approximate surface area is 113 Å². The second kappa shape index (κ2) is 5.75. The van der Waals surface area contributed by atoms with Crippen LogP contribution in [0.5, 0.6) is 0 Å². The van der Waals surface area contributed by atoms with Gasteiger partial charge in [0.15, 0.2) is 0 Å². The second-order valence-corrected chi connectivity index (χ2v) is 4.62. The summed E-state index contributed by atoms with van der Waals surface area (Å²) in [6.07, 6.45) is 1.58. The third-order valence-electron chi connectivity index (χ3n) is 2.39. The molecule has 5 heteroatoms. The molecule has 1 heterocycles. The summed E-state index contributed by atoms with van der Waals surface area (Å²) in [5, 5.41) is 2.81. The van der Waals surface area contributed by atoms with Gasteiger partial charge >= 0.3 is 0 Å². The number of hydrogen-bond acceptors (Lipinski definition) is 3. The Hall–Kier alpha value is -1.72. The van der Waals surface area contributed by atoms with Crippen molar-refractivity contribution in [2.75, 3.05) is 5.32 Å². The van der Waals surface area contributed by atoms with Gasteiger partial charge in [-0.2, -0.15) is 0 Å². The van der Waals surface area contributed by atoms with Crippen molar-refractivity contribution in [2.24, 2.45) is 5.73 Å². The van der Waals surface area contributed by atoms with Crippen molar-refractivity contribution in [1.82, 2.24) is 4.98 Å². The molecule has 1 amide bonds. The van der Waals surface area contributed by atoms with Gasteiger partial charge in [0.25, 0.3) is 5.91 Å². The quantitative estimate of drug-likeness (QED) is 0.915. The van der Waals surface area contributed by atoms with Gasteiger partial charge in [-0.1, -0.05) is 15.9 Å². The van der Waals surface area contributed by atoms with E-state index in [0.29, 0.717) is 17.8 Å². The number of amides is 1. The smallest absolute Gasteiger partial charge is 0.255 e. The van der Waals surface area contributed by atoms with Crippen LogP contribution in [0.4, 0.5) is 5.69 Å². The maximum atomic E-state index is 12.0. The highest BCUT2D eigenvalue weighted by Crippen LogP contribution is 2.15. The van der Waals surface area contributed by atoms with Crippen LogP contribution in [0.25, 0.3) is 0 Å². The Morgan fingerprint density at radius 2 is 2.00 bits per heavy atom. The molecule has 0 radical (unpaired) electrons. The van der Waals surface area contributed by atoms with Gasteiger partial charge in [0.05, 0.1) is 5.69 Å². The minimum atomic E-state index is -0.172. The van der Waals surface area contributed by atoms with Crippen molar-refractivity contribution in [1.29, 1.82) is 0 Å². The summed E-state index contributed by atoms with van der Waals surface area (Å²) in [6.45, 7) is 0.319. The van der Waals surface area contributed by atoms with E-state index in [1.54, 1.807) is 18.3 Å². The lowest BCUT2D eigenvalue weighted by atomic mass is 10.2. The molecule has 2 aromatic rings. The number of nitrogens with zero attached hydrogens (tertiary/aromatic N) is 1. The number of nitrogens with one attached hydrogen (secondary N) is 1. The SMILES string of the molecule is NCc1cc(C(=O)Nc2ccc(Br)cc2)ccn1. The fourth-order valence-corrected chi connectivity index (χ4v) is 1.73. The van der Waals surface area contributed by atoms with Gasteiger partial charge in [0, 0.05) is 28.5 Å². The molecule has 4 nitrogen and oxygen atoms in total. The highest BCUT2D eigenvalue weighted by Gasteiger charge is 2.06. The number of hydrogen-bond donors (Lipinski definition) is 2. The fourth-order valence-electron chi connectivity index (χ4n) is 1.47. The molecule has 0 aliphatic heterocycles. The molecule has 0 aliphatic rings. The molecule has 1 aromatic heterocycles. The van der Waals surface area contributed by atoms with Crippen molar-refractivity contribution >= 4 is 27.5 Å². The predicted molar refractivity (Wildman–Crippen MR) is 74.2 cm³/mol. The Balaban J connectivity index is 2.14. The van der Waals surface area contributed by atoms with E-state index in [4.69, 9.17) is 5.73 Å². The number of anilines is 1. The summed E-state index contributed by atoms with van der Waals surface area (Å²) in [4.78, 5) is 16.0. The van der Waals surface area contributed by atoms with Gasteiger partial charge in [0.1, 0.15) is 0 Å². The first kappa shape index (κ1) is 12.7. The van der Waals surface area contributed by atoms with Gasteiger partial charge in [-0.25, -0.2) is 0 Å². The van der Waals surface area contributed by atoms with Crippen molar-refractivity contribution in [2.45, 2.75) is 6.54 Å². The van der Waals surface area contributed by atoms with E-state index in [1.807, 2.05) is 24.3 Å². The molecule has 0 fully saturated rings. The molecule has 18 heavy (non-hydrogen) atoms. The second-order valence-electron chi connectivity index (χ2n) is 3.70. The molecule has 0 spiro atoms. The van der Waals surface area contributed by atoms with E-state index < -0.39 is 0 Å². The minimum Gasteiger partial charge on any atom is -0.325 e. The normalized spacial score (nSPS) is 10.1. The molecular weight excluding hydrogens is 294 g/mol. The molecule has 3 N–H and O–H groups in total. The van der Waals surface area contributed by atoms with Crippen LogP contribution in [0.1, 0.15) is 16.1 Å². The van der Waals surface area contributed by atoms with Gasteiger partial charge in [-0.15, -0.1) is 0 Å². The largest absolute Gasteiger partial charge is 0.325 e. The number of carbonyl (C=O) groups excluding carboxylic acids is 1. The number of aromatic nitrogens is 1. The molecule has 0 atom stereocenters. The monoisotopic (exact) mass is 305 g/mol. The van der Waals surface area contributed by atoms with Crippen LogP contribution in [0.3, 0.4) is 0 Å². The maximum Gasteiger partial charge on any atom is 0.255 e. The number of halogens is 1. The van der Waals surface area contributed by atoms with Gasteiger partial charge < -0.3 is 11.1 Å². The number of rotatable bonds is 3. The lowest BCUT2D eigenvalue weighted by Crippen LogP contribution is -2.13. The van der Waals surface area contributed by atoms with E-state index in [0.717, 1.165) is 10.2 Å². The maximum absolute atomic E-state index is 12.0. The Bertz CT molecular complexity index is 554. The first-order valence-electron chi connectivity index (χ1n) is 5.41. The van der Waals surface area contributed by atoms with Crippen molar-refractivity contribution in [3.63, 3.8) is 0 Å². The molecule has 0 aliphatic carbocycles.